The lowest BCUT2D eigenvalue weighted by Crippen LogP contribution is -2.74. The number of hydrogen-bond acceptors (Lipinski definition) is 3. The Morgan fingerprint density at radius 3 is 1.58 bits per heavy atom. The molecule has 2 heterocycles. The molecular weight excluding hydrogens is 811 g/mol. The molecule has 0 aliphatic rings. The molecule has 4 heteroatoms. The first-order valence-corrected chi connectivity index (χ1v) is 24.6. The van der Waals surface area contributed by atoms with E-state index in [1.54, 1.807) is 0 Å². The van der Waals surface area contributed by atoms with Crippen molar-refractivity contribution in [1.29, 1.82) is 0 Å². The molecule has 302 valence electrons. The molecule has 0 unspecified atom stereocenters. The number of furan rings is 1. The van der Waals surface area contributed by atoms with Crippen LogP contribution in [0.15, 0.2) is 253 Å². The monoisotopic (exact) mass is 851 g/mol. The summed E-state index contributed by atoms with van der Waals surface area (Å²) in [5.41, 5.74) is 9.60. The number of anilines is 3. The maximum Gasteiger partial charge on any atom is 0.179 e. The Kier molecular flexibility index (Phi) is 9.40. The van der Waals surface area contributed by atoms with E-state index in [4.69, 9.17) is 4.42 Å². The van der Waals surface area contributed by atoms with Gasteiger partial charge in [-0.05, 0) is 79.9 Å². The first-order chi connectivity index (χ1) is 31.8. The third-order valence-electron chi connectivity index (χ3n) is 12.8. The highest BCUT2D eigenvalue weighted by Crippen LogP contribution is 2.47. The smallest absolute Gasteiger partial charge is 0.179 e. The average Bonchev–Trinajstić information content (AvgIpc) is 3.96. The minimum atomic E-state index is -2.74. The molecule has 2 aromatic heterocycles. The van der Waals surface area contributed by atoms with Crippen molar-refractivity contribution in [2.75, 3.05) is 4.90 Å². The van der Waals surface area contributed by atoms with E-state index in [-0.39, 0.29) is 0 Å². The Hall–Kier alpha value is -7.76. The Balaban J connectivity index is 1.10. The molecule has 64 heavy (non-hydrogen) atoms. The van der Waals surface area contributed by atoms with E-state index in [1.165, 1.54) is 40.9 Å². The number of benzene rings is 10. The summed E-state index contributed by atoms with van der Waals surface area (Å²) in [7, 11) is -2.74. The fourth-order valence-electron chi connectivity index (χ4n) is 9.98. The normalized spacial score (nSPS) is 11.8. The summed E-state index contributed by atoms with van der Waals surface area (Å²) in [5.74, 6) is 0. The zero-order valence-corrected chi connectivity index (χ0v) is 36.8. The highest BCUT2D eigenvalue weighted by Gasteiger charge is 2.41. The SMILES string of the molecule is c1ccc(-c2cc(N(c3ccc([Si](c4ccccc4)(c4ccccc4)c4ccccc4)cc3)c3cccc4c3sc3ccccc34)ccc2-c2cccc3c2oc2ccccc23)cc1. The molecule has 0 spiro atoms. The van der Waals surface area contributed by atoms with Crippen molar-refractivity contribution in [2.45, 2.75) is 0 Å². The molecule has 0 fully saturated rings. The molecular formula is C60H41NOSSi. The van der Waals surface area contributed by atoms with Gasteiger partial charge in [0, 0.05) is 43.2 Å². The van der Waals surface area contributed by atoms with Gasteiger partial charge in [-0.25, -0.2) is 0 Å². The predicted octanol–water partition coefficient (Wildman–Crippen LogP) is 14.1. The molecule has 0 bridgehead atoms. The Morgan fingerprint density at radius 1 is 0.359 bits per heavy atom. The van der Waals surface area contributed by atoms with Crippen LogP contribution in [-0.2, 0) is 0 Å². The van der Waals surface area contributed by atoms with E-state index < -0.39 is 8.07 Å². The van der Waals surface area contributed by atoms with Gasteiger partial charge in [0.2, 0.25) is 0 Å². The molecule has 0 N–H and O–H groups in total. The van der Waals surface area contributed by atoms with E-state index in [2.05, 4.69) is 248 Å². The third-order valence-corrected chi connectivity index (χ3v) is 18.9. The Labute approximate surface area is 377 Å². The van der Waals surface area contributed by atoms with Crippen molar-refractivity contribution < 1.29 is 4.42 Å². The molecule has 0 radical (unpaired) electrons. The molecule has 12 rings (SSSR count). The topological polar surface area (TPSA) is 16.4 Å². The van der Waals surface area contributed by atoms with Gasteiger partial charge in [0.15, 0.2) is 8.07 Å². The maximum absolute atomic E-state index is 6.65. The molecule has 12 aromatic rings. The summed E-state index contributed by atoms with van der Waals surface area (Å²) in [6.45, 7) is 0. The maximum atomic E-state index is 6.65. The molecule has 0 atom stereocenters. The highest BCUT2D eigenvalue weighted by atomic mass is 32.1. The van der Waals surface area contributed by atoms with Gasteiger partial charge in [-0.3, -0.25) is 0 Å². The van der Waals surface area contributed by atoms with Crippen LogP contribution in [0.4, 0.5) is 17.1 Å². The molecule has 0 aliphatic heterocycles. The summed E-state index contributed by atoms with van der Waals surface area (Å²) in [5, 5.41) is 10.2. The second kappa shape index (κ2) is 15.9. The predicted molar refractivity (Wildman–Crippen MR) is 276 cm³/mol. The van der Waals surface area contributed by atoms with E-state index >= 15 is 0 Å². The van der Waals surface area contributed by atoms with Crippen molar-refractivity contribution in [3.05, 3.63) is 249 Å². The zero-order valence-electron chi connectivity index (χ0n) is 34.9. The Morgan fingerprint density at radius 2 is 0.891 bits per heavy atom. The van der Waals surface area contributed by atoms with Gasteiger partial charge in [0.05, 0.1) is 10.4 Å². The molecule has 0 saturated carbocycles. The lowest BCUT2D eigenvalue weighted by Gasteiger charge is -2.35. The van der Waals surface area contributed by atoms with Crippen LogP contribution in [-0.4, -0.2) is 8.07 Å². The lowest BCUT2D eigenvalue weighted by atomic mass is 9.92. The minimum Gasteiger partial charge on any atom is -0.455 e. The molecule has 10 aromatic carbocycles. The number of hydrogen-bond donors (Lipinski definition) is 0. The van der Waals surface area contributed by atoms with Gasteiger partial charge in [0.1, 0.15) is 11.2 Å². The zero-order chi connectivity index (χ0) is 42.5. The van der Waals surface area contributed by atoms with E-state index in [0.29, 0.717) is 0 Å². The van der Waals surface area contributed by atoms with Crippen LogP contribution in [0.3, 0.4) is 0 Å². The quantitative estimate of drug-likeness (QED) is 0.106. The van der Waals surface area contributed by atoms with Crippen molar-refractivity contribution in [2.24, 2.45) is 0 Å². The van der Waals surface area contributed by atoms with E-state index in [9.17, 15) is 0 Å². The number of fused-ring (bicyclic) bond motifs is 6. The van der Waals surface area contributed by atoms with Crippen molar-refractivity contribution in [3.63, 3.8) is 0 Å². The van der Waals surface area contributed by atoms with Crippen LogP contribution < -0.4 is 25.6 Å². The van der Waals surface area contributed by atoms with Crippen LogP contribution >= 0.6 is 11.3 Å². The molecule has 0 aliphatic carbocycles. The largest absolute Gasteiger partial charge is 0.455 e. The average molecular weight is 852 g/mol. The fraction of sp³-hybridized carbons (Fsp3) is 0. The first kappa shape index (κ1) is 38.0. The van der Waals surface area contributed by atoms with Gasteiger partial charge in [-0.1, -0.05) is 206 Å². The summed E-state index contributed by atoms with van der Waals surface area (Å²) >= 11 is 1.86. The Bertz CT molecular complexity index is 3500. The second-order valence-corrected chi connectivity index (χ2v) is 21.2. The molecule has 0 saturated heterocycles. The molecule has 0 amide bonds. The van der Waals surface area contributed by atoms with Gasteiger partial charge < -0.3 is 9.32 Å². The van der Waals surface area contributed by atoms with Crippen molar-refractivity contribution >= 4 is 99.3 Å². The summed E-state index contributed by atoms with van der Waals surface area (Å²) < 4.78 is 9.19. The van der Waals surface area contributed by atoms with Crippen molar-refractivity contribution in [3.8, 4) is 22.3 Å². The third kappa shape index (κ3) is 6.22. The lowest BCUT2D eigenvalue weighted by molar-refractivity contribution is 0.670. The summed E-state index contributed by atoms with van der Waals surface area (Å²) in [6.07, 6.45) is 0. The van der Waals surface area contributed by atoms with Crippen molar-refractivity contribution in [1.82, 2.24) is 0 Å². The van der Waals surface area contributed by atoms with E-state index in [1.807, 2.05) is 17.4 Å². The standard InChI is InChI=1S/C60H41NOSSi/c1-5-19-42(20-6-1)55-41-44(37-40-49(55)52-29-17-30-53-50-27-13-15-33-57(50)62-59(52)53)61(56-32-18-31-54-51-28-14-16-34-58(51)63-60(54)56)43-35-38-48(39-36-43)64(45-21-7-2-8-22-45,46-23-9-3-10-24-46)47-25-11-4-12-26-47/h1-41H. The minimum absolute atomic E-state index is 0.896. The van der Waals surface area contributed by atoms with Crippen LogP contribution in [0.5, 0.6) is 0 Å². The molecule has 2 nitrogen and oxygen atoms in total. The van der Waals surface area contributed by atoms with Crippen LogP contribution in [0, 0.1) is 0 Å². The van der Waals surface area contributed by atoms with Gasteiger partial charge in [-0.2, -0.15) is 0 Å². The number of thiophene rings is 1. The van der Waals surface area contributed by atoms with Crippen LogP contribution in [0.2, 0.25) is 0 Å². The summed E-state index contributed by atoms with van der Waals surface area (Å²) in [6, 6.07) is 91.1. The van der Waals surface area contributed by atoms with Crippen LogP contribution in [0.25, 0.3) is 64.4 Å². The van der Waals surface area contributed by atoms with Crippen LogP contribution in [0.1, 0.15) is 0 Å². The van der Waals surface area contributed by atoms with Gasteiger partial charge in [-0.15, -0.1) is 11.3 Å². The fourth-order valence-corrected chi connectivity index (χ4v) is 15.9. The number of para-hydroxylation sites is 2. The second-order valence-electron chi connectivity index (χ2n) is 16.4. The highest BCUT2D eigenvalue weighted by molar-refractivity contribution is 7.26. The number of rotatable bonds is 9. The summed E-state index contributed by atoms with van der Waals surface area (Å²) in [4.78, 5) is 2.47. The van der Waals surface area contributed by atoms with E-state index in [0.717, 1.165) is 61.3 Å². The van der Waals surface area contributed by atoms with Gasteiger partial charge in [0.25, 0.3) is 0 Å². The number of nitrogens with zero attached hydrogens (tertiary/aromatic N) is 1. The van der Waals surface area contributed by atoms with Gasteiger partial charge >= 0.3 is 0 Å². The first-order valence-electron chi connectivity index (χ1n) is 21.8.